The fourth-order valence-corrected chi connectivity index (χ4v) is 3.43. The molecule has 0 saturated carbocycles. The molecule has 0 spiro atoms. The Morgan fingerprint density at radius 1 is 1.04 bits per heavy atom. The summed E-state index contributed by atoms with van der Waals surface area (Å²) in [5, 5.41) is 0. The van der Waals surface area contributed by atoms with E-state index in [1.165, 1.54) is 17.6 Å². The van der Waals surface area contributed by atoms with Gasteiger partial charge >= 0.3 is 0 Å². The van der Waals surface area contributed by atoms with Crippen LogP contribution in [-0.2, 0) is 6.42 Å². The van der Waals surface area contributed by atoms with Gasteiger partial charge in [0, 0.05) is 5.56 Å². The van der Waals surface area contributed by atoms with E-state index in [1.54, 1.807) is 12.5 Å². The highest BCUT2D eigenvalue weighted by molar-refractivity contribution is 7.71. The number of furan rings is 2. The molecular formula is C19H18N2O2S. The molecule has 3 aromatic heterocycles. The molecule has 0 radical (unpaired) electrons. The van der Waals surface area contributed by atoms with Gasteiger partial charge in [0.2, 0.25) is 0 Å². The number of allylic oxidation sites excluding steroid dienone is 1. The SMILES string of the molecule is S=c1nc2c(c(-c3ccco3)[nH]1)CCCCC/C2=C\c1ccco1. The van der Waals surface area contributed by atoms with E-state index in [2.05, 4.69) is 16.0 Å². The zero-order chi connectivity index (χ0) is 16.4. The van der Waals surface area contributed by atoms with Gasteiger partial charge in [-0.15, -0.1) is 0 Å². The van der Waals surface area contributed by atoms with Crippen molar-refractivity contribution in [2.75, 3.05) is 0 Å². The van der Waals surface area contributed by atoms with Crippen LogP contribution in [0.5, 0.6) is 0 Å². The Bertz CT molecular complexity index is 906. The van der Waals surface area contributed by atoms with E-state index in [9.17, 15) is 0 Å². The van der Waals surface area contributed by atoms with E-state index in [0.717, 1.165) is 48.6 Å². The molecule has 0 saturated heterocycles. The number of aromatic amines is 1. The molecule has 0 aliphatic heterocycles. The third-order valence-electron chi connectivity index (χ3n) is 4.34. The Labute approximate surface area is 145 Å². The van der Waals surface area contributed by atoms with Gasteiger partial charge in [0.1, 0.15) is 11.5 Å². The summed E-state index contributed by atoms with van der Waals surface area (Å²) in [5.41, 5.74) is 4.27. The molecular weight excluding hydrogens is 320 g/mol. The largest absolute Gasteiger partial charge is 0.465 e. The topological polar surface area (TPSA) is 55.0 Å². The number of nitrogens with one attached hydrogen (secondary N) is 1. The molecule has 122 valence electrons. The molecule has 3 heterocycles. The van der Waals surface area contributed by atoms with E-state index < -0.39 is 0 Å². The average molecular weight is 338 g/mol. The lowest BCUT2D eigenvalue weighted by molar-refractivity contribution is 0.557. The highest BCUT2D eigenvalue weighted by Crippen LogP contribution is 2.34. The van der Waals surface area contributed by atoms with Crippen molar-refractivity contribution in [3.8, 4) is 11.5 Å². The minimum absolute atomic E-state index is 0.478. The van der Waals surface area contributed by atoms with E-state index in [0.29, 0.717) is 4.77 Å². The van der Waals surface area contributed by atoms with Crippen LogP contribution in [0.1, 0.15) is 42.7 Å². The molecule has 24 heavy (non-hydrogen) atoms. The van der Waals surface area contributed by atoms with E-state index in [1.807, 2.05) is 24.3 Å². The number of H-pyrrole nitrogens is 1. The molecule has 4 rings (SSSR count). The van der Waals surface area contributed by atoms with Gasteiger partial charge < -0.3 is 13.8 Å². The van der Waals surface area contributed by atoms with Gasteiger partial charge in [-0.05, 0) is 73.8 Å². The fraction of sp³-hybridized carbons (Fsp3) is 0.263. The highest BCUT2D eigenvalue weighted by atomic mass is 32.1. The Balaban J connectivity index is 1.92. The summed E-state index contributed by atoms with van der Waals surface area (Å²) in [4.78, 5) is 7.88. The smallest absolute Gasteiger partial charge is 0.197 e. The first-order valence-corrected chi connectivity index (χ1v) is 8.63. The normalized spacial score (nSPS) is 16.6. The van der Waals surface area contributed by atoms with Crippen LogP contribution in [0.4, 0.5) is 0 Å². The van der Waals surface area contributed by atoms with Crippen LogP contribution in [0.3, 0.4) is 0 Å². The monoisotopic (exact) mass is 338 g/mol. The summed E-state index contributed by atoms with van der Waals surface area (Å²) < 4.78 is 11.6. The van der Waals surface area contributed by atoms with Crippen LogP contribution in [0.2, 0.25) is 0 Å². The predicted octanol–water partition coefficient (Wildman–Crippen LogP) is 5.65. The summed E-state index contributed by atoms with van der Waals surface area (Å²) in [6.45, 7) is 0. The van der Waals surface area contributed by atoms with Gasteiger partial charge in [0.05, 0.1) is 23.9 Å². The third-order valence-corrected chi connectivity index (χ3v) is 4.53. The Hall–Kier alpha value is -2.40. The van der Waals surface area contributed by atoms with Gasteiger partial charge in [0.15, 0.2) is 4.77 Å². The lowest BCUT2D eigenvalue weighted by atomic mass is 9.91. The van der Waals surface area contributed by atoms with Crippen molar-refractivity contribution >= 4 is 23.9 Å². The van der Waals surface area contributed by atoms with E-state index >= 15 is 0 Å². The second-order valence-electron chi connectivity index (χ2n) is 5.97. The first kappa shape index (κ1) is 15.1. The van der Waals surface area contributed by atoms with Gasteiger partial charge in [0.25, 0.3) is 0 Å². The van der Waals surface area contributed by atoms with Crippen molar-refractivity contribution in [3.05, 3.63) is 58.6 Å². The zero-order valence-corrected chi connectivity index (χ0v) is 14.1. The van der Waals surface area contributed by atoms with Crippen LogP contribution in [-0.4, -0.2) is 9.97 Å². The van der Waals surface area contributed by atoms with Crippen LogP contribution in [0.25, 0.3) is 23.1 Å². The molecule has 4 nitrogen and oxygen atoms in total. The summed E-state index contributed by atoms with van der Waals surface area (Å²) in [5.74, 6) is 1.65. The molecule has 0 bridgehead atoms. The molecule has 1 aliphatic rings. The molecule has 5 heteroatoms. The van der Waals surface area contributed by atoms with Crippen molar-refractivity contribution in [2.24, 2.45) is 0 Å². The number of fused-ring (bicyclic) bond motifs is 1. The van der Waals surface area contributed by atoms with Gasteiger partial charge in [-0.2, -0.15) is 0 Å². The van der Waals surface area contributed by atoms with Crippen LogP contribution in [0, 0.1) is 4.77 Å². The molecule has 0 fully saturated rings. The van der Waals surface area contributed by atoms with Gasteiger partial charge in [-0.25, -0.2) is 4.98 Å². The average Bonchev–Trinajstić information content (AvgIpc) is 3.25. The lowest BCUT2D eigenvalue weighted by Gasteiger charge is -2.18. The van der Waals surface area contributed by atoms with Gasteiger partial charge in [-0.1, -0.05) is 6.42 Å². The van der Waals surface area contributed by atoms with Crippen molar-refractivity contribution in [1.82, 2.24) is 9.97 Å². The molecule has 0 atom stereocenters. The van der Waals surface area contributed by atoms with Gasteiger partial charge in [-0.3, -0.25) is 0 Å². The highest BCUT2D eigenvalue weighted by Gasteiger charge is 2.19. The summed E-state index contributed by atoms with van der Waals surface area (Å²) in [6.07, 6.45) is 10.9. The van der Waals surface area contributed by atoms with Crippen LogP contribution in [0.15, 0.2) is 45.6 Å². The number of aromatic nitrogens is 2. The Morgan fingerprint density at radius 2 is 1.88 bits per heavy atom. The van der Waals surface area contributed by atoms with E-state index in [4.69, 9.17) is 21.1 Å². The molecule has 0 unspecified atom stereocenters. The quantitative estimate of drug-likeness (QED) is 0.614. The maximum absolute atomic E-state index is 5.61. The molecule has 0 aromatic carbocycles. The first-order chi connectivity index (χ1) is 11.8. The van der Waals surface area contributed by atoms with Crippen molar-refractivity contribution in [2.45, 2.75) is 32.1 Å². The predicted molar refractivity (Wildman–Crippen MR) is 95.9 cm³/mol. The van der Waals surface area contributed by atoms with Crippen molar-refractivity contribution in [1.29, 1.82) is 0 Å². The summed E-state index contributed by atoms with van der Waals surface area (Å²) in [6, 6.07) is 7.70. The summed E-state index contributed by atoms with van der Waals surface area (Å²) in [7, 11) is 0. The molecule has 1 N–H and O–H groups in total. The number of hydrogen-bond donors (Lipinski definition) is 1. The summed E-state index contributed by atoms with van der Waals surface area (Å²) >= 11 is 5.38. The number of rotatable bonds is 2. The van der Waals surface area contributed by atoms with Crippen molar-refractivity contribution < 1.29 is 8.83 Å². The van der Waals surface area contributed by atoms with E-state index in [-0.39, 0.29) is 0 Å². The Kier molecular flexibility index (Phi) is 4.17. The lowest BCUT2D eigenvalue weighted by Crippen LogP contribution is -2.06. The molecule has 0 amide bonds. The Morgan fingerprint density at radius 3 is 2.67 bits per heavy atom. The minimum Gasteiger partial charge on any atom is -0.465 e. The second-order valence-corrected chi connectivity index (χ2v) is 6.35. The van der Waals surface area contributed by atoms with Crippen LogP contribution >= 0.6 is 12.2 Å². The minimum atomic E-state index is 0.478. The first-order valence-electron chi connectivity index (χ1n) is 8.23. The third kappa shape index (κ3) is 2.99. The molecule has 1 aliphatic carbocycles. The maximum Gasteiger partial charge on any atom is 0.197 e. The zero-order valence-electron chi connectivity index (χ0n) is 13.2. The van der Waals surface area contributed by atoms with Crippen molar-refractivity contribution in [3.63, 3.8) is 0 Å². The number of nitrogens with zero attached hydrogens (tertiary/aromatic N) is 1. The number of hydrogen-bond acceptors (Lipinski definition) is 4. The fourth-order valence-electron chi connectivity index (χ4n) is 3.24. The standard InChI is InChI=1S/C19H18N2O2S/c24-19-20-17-13(12-14-7-4-10-22-14)6-2-1-3-8-15(17)18(21-19)16-9-5-11-23-16/h4-5,7,9-12H,1-3,6,8H2,(H,20,21,24)/b13-12+. The molecule has 3 aromatic rings. The maximum atomic E-state index is 5.61. The van der Waals surface area contributed by atoms with Crippen LogP contribution < -0.4 is 0 Å². The second kappa shape index (κ2) is 6.61.